The molecule has 1 N–H and O–H groups in total. The Balaban J connectivity index is 1.64. The number of nitrogens with zero attached hydrogens (tertiary/aromatic N) is 2. The van der Waals surface area contributed by atoms with Gasteiger partial charge < -0.3 is 5.11 Å². The maximum absolute atomic E-state index is 9.61. The Labute approximate surface area is 100 Å². The first-order valence-corrected chi connectivity index (χ1v) is 6.78. The van der Waals surface area contributed by atoms with Gasteiger partial charge in [-0.2, -0.15) is 0 Å². The molecule has 3 rings (SSSR count). The number of aryl methyl sites for hydroxylation is 2. The summed E-state index contributed by atoms with van der Waals surface area (Å²) in [4.78, 5) is 8.36. The molecular weight excluding hydrogens is 220 g/mol. The minimum Gasteiger partial charge on any atom is -0.393 e. The predicted molar refractivity (Wildman–Crippen MR) is 64.5 cm³/mol. The van der Waals surface area contributed by atoms with Crippen LogP contribution in [0.25, 0.3) is 0 Å². The molecule has 88 valence electrons. The summed E-state index contributed by atoms with van der Waals surface area (Å²) < 4.78 is 0. The van der Waals surface area contributed by atoms with Crippen molar-refractivity contribution in [3.63, 3.8) is 0 Å². The summed E-state index contributed by atoms with van der Waals surface area (Å²) in [6, 6.07) is 0. The molecule has 1 aliphatic heterocycles. The molecule has 2 heterocycles. The van der Waals surface area contributed by atoms with E-state index in [1.54, 1.807) is 0 Å². The average molecular weight is 238 g/mol. The van der Waals surface area contributed by atoms with Gasteiger partial charge in [-0.15, -0.1) is 11.3 Å². The molecule has 0 radical (unpaired) electrons. The first-order chi connectivity index (χ1) is 7.63. The zero-order chi connectivity index (χ0) is 11.3. The number of thiazole rings is 1. The van der Waals surface area contributed by atoms with Crippen LogP contribution in [0.15, 0.2) is 0 Å². The van der Waals surface area contributed by atoms with E-state index in [0.29, 0.717) is 5.92 Å². The summed E-state index contributed by atoms with van der Waals surface area (Å²) >= 11 is 1.81. The fraction of sp³-hybridized carbons (Fsp3) is 0.750. The molecule has 1 aromatic heterocycles. The van der Waals surface area contributed by atoms with E-state index in [-0.39, 0.29) is 6.10 Å². The average Bonchev–Trinajstić information content (AvgIpc) is 2.69. The molecule has 0 unspecified atom stereocenters. The quantitative estimate of drug-likeness (QED) is 0.849. The lowest BCUT2D eigenvalue weighted by molar-refractivity contribution is -0.00435. The maximum atomic E-state index is 9.61. The molecule has 0 amide bonds. The summed E-state index contributed by atoms with van der Waals surface area (Å²) in [5, 5.41) is 10.8. The van der Waals surface area contributed by atoms with Crippen molar-refractivity contribution in [3.8, 4) is 0 Å². The monoisotopic (exact) mass is 238 g/mol. The van der Waals surface area contributed by atoms with Crippen LogP contribution < -0.4 is 0 Å². The minimum atomic E-state index is -0.0326. The van der Waals surface area contributed by atoms with Crippen molar-refractivity contribution in [1.29, 1.82) is 0 Å². The van der Waals surface area contributed by atoms with E-state index in [1.807, 2.05) is 11.3 Å². The van der Waals surface area contributed by atoms with Gasteiger partial charge in [-0.25, -0.2) is 4.98 Å². The zero-order valence-corrected chi connectivity index (χ0v) is 10.6. The number of aliphatic hydroxyl groups excluding tert-OH is 1. The standard InChI is InChI=1S/C12H18N2OS/c1-7-8(2)16-12(13-7)6-14-4-9-3-11(15)10(9)5-14/h9-11,15H,3-6H2,1-2H3/t9-,10+,11+/m1/s1. The van der Waals surface area contributed by atoms with Crippen LogP contribution in [0.1, 0.15) is 22.0 Å². The van der Waals surface area contributed by atoms with Crippen LogP contribution in [-0.4, -0.2) is 34.2 Å². The molecule has 4 heteroatoms. The van der Waals surface area contributed by atoms with Crippen molar-refractivity contribution in [2.75, 3.05) is 13.1 Å². The van der Waals surface area contributed by atoms with E-state index in [2.05, 4.69) is 23.7 Å². The molecule has 0 bridgehead atoms. The predicted octanol–water partition coefficient (Wildman–Crippen LogP) is 1.57. The highest BCUT2D eigenvalue weighted by Gasteiger charge is 2.46. The first-order valence-electron chi connectivity index (χ1n) is 5.97. The lowest BCUT2D eigenvalue weighted by Gasteiger charge is -2.35. The fourth-order valence-corrected chi connectivity index (χ4v) is 3.87. The highest BCUT2D eigenvalue weighted by molar-refractivity contribution is 7.11. The van der Waals surface area contributed by atoms with Crippen LogP contribution in [0.5, 0.6) is 0 Å². The van der Waals surface area contributed by atoms with Gasteiger partial charge in [0.25, 0.3) is 0 Å². The number of hydrogen-bond acceptors (Lipinski definition) is 4. The topological polar surface area (TPSA) is 36.4 Å². The Morgan fingerprint density at radius 3 is 2.81 bits per heavy atom. The number of aromatic nitrogens is 1. The second kappa shape index (κ2) is 3.79. The second-order valence-electron chi connectivity index (χ2n) is 5.17. The molecule has 0 aromatic carbocycles. The van der Waals surface area contributed by atoms with E-state index in [0.717, 1.165) is 32.0 Å². The summed E-state index contributed by atoms with van der Waals surface area (Å²) in [5.41, 5.74) is 1.17. The normalized spacial score (nSPS) is 33.8. The van der Waals surface area contributed by atoms with E-state index < -0.39 is 0 Å². The van der Waals surface area contributed by atoms with Gasteiger partial charge in [0, 0.05) is 23.9 Å². The van der Waals surface area contributed by atoms with Crippen LogP contribution in [-0.2, 0) is 6.54 Å². The van der Waals surface area contributed by atoms with Gasteiger partial charge in [0.05, 0.1) is 18.3 Å². The Morgan fingerprint density at radius 2 is 2.25 bits per heavy atom. The van der Waals surface area contributed by atoms with Crippen molar-refractivity contribution < 1.29 is 5.11 Å². The van der Waals surface area contributed by atoms with Gasteiger partial charge in [-0.3, -0.25) is 4.90 Å². The largest absolute Gasteiger partial charge is 0.393 e. The number of aliphatic hydroxyl groups is 1. The summed E-state index contributed by atoms with van der Waals surface area (Å²) in [7, 11) is 0. The van der Waals surface area contributed by atoms with E-state index in [9.17, 15) is 5.11 Å². The van der Waals surface area contributed by atoms with Crippen LogP contribution >= 0.6 is 11.3 Å². The van der Waals surface area contributed by atoms with Crippen molar-refractivity contribution in [2.24, 2.45) is 11.8 Å². The highest BCUT2D eigenvalue weighted by atomic mass is 32.1. The Hall–Kier alpha value is -0.450. The van der Waals surface area contributed by atoms with Gasteiger partial charge >= 0.3 is 0 Å². The first kappa shape index (κ1) is 10.7. The Morgan fingerprint density at radius 1 is 1.44 bits per heavy atom. The smallest absolute Gasteiger partial charge is 0.107 e. The van der Waals surface area contributed by atoms with Gasteiger partial charge in [0.2, 0.25) is 0 Å². The SMILES string of the molecule is Cc1nc(CN2C[C@H]3C[C@H](O)[C@H]3C2)sc1C. The van der Waals surface area contributed by atoms with Crippen molar-refractivity contribution >= 4 is 11.3 Å². The maximum Gasteiger partial charge on any atom is 0.107 e. The number of likely N-dealkylation sites (tertiary alicyclic amines) is 1. The van der Waals surface area contributed by atoms with Crippen LogP contribution in [0, 0.1) is 25.7 Å². The molecule has 2 aliphatic rings. The second-order valence-corrected chi connectivity index (χ2v) is 6.46. The Bertz CT molecular complexity index is 384. The van der Waals surface area contributed by atoms with Crippen LogP contribution in [0.3, 0.4) is 0 Å². The van der Waals surface area contributed by atoms with Gasteiger partial charge in [-0.1, -0.05) is 0 Å². The van der Waals surface area contributed by atoms with E-state index in [1.165, 1.54) is 15.6 Å². The lowest BCUT2D eigenvalue weighted by atomic mass is 9.74. The molecule has 3 atom stereocenters. The molecule has 2 fully saturated rings. The molecule has 1 saturated carbocycles. The highest BCUT2D eigenvalue weighted by Crippen LogP contribution is 2.41. The molecular formula is C12H18N2OS. The zero-order valence-electron chi connectivity index (χ0n) is 9.81. The third-order valence-corrected chi connectivity index (χ3v) is 5.09. The van der Waals surface area contributed by atoms with E-state index >= 15 is 0 Å². The third-order valence-electron chi connectivity index (χ3n) is 4.04. The number of hydrogen-bond donors (Lipinski definition) is 1. The van der Waals surface area contributed by atoms with Gasteiger partial charge in [0.1, 0.15) is 5.01 Å². The van der Waals surface area contributed by atoms with Crippen molar-refractivity contribution in [1.82, 2.24) is 9.88 Å². The molecule has 1 aromatic rings. The van der Waals surface area contributed by atoms with Crippen LogP contribution in [0.4, 0.5) is 0 Å². The lowest BCUT2D eigenvalue weighted by Crippen LogP contribution is -2.39. The Kier molecular flexibility index (Phi) is 2.53. The fourth-order valence-electron chi connectivity index (χ4n) is 2.89. The van der Waals surface area contributed by atoms with E-state index in [4.69, 9.17) is 0 Å². The van der Waals surface area contributed by atoms with Gasteiger partial charge in [0.15, 0.2) is 0 Å². The molecule has 0 spiro atoms. The molecule has 16 heavy (non-hydrogen) atoms. The molecule has 1 saturated heterocycles. The summed E-state index contributed by atoms with van der Waals surface area (Å²) in [5.74, 6) is 1.29. The van der Waals surface area contributed by atoms with Crippen molar-refractivity contribution in [3.05, 3.63) is 15.6 Å². The third kappa shape index (κ3) is 1.69. The van der Waals surface area contributed by atoms with Crippen molar-refractivity contribution in [2.45, 2.75) is 32.9 Å². The number of rotatable bonds is 2. The van der Waals surface area contributed by atoms with Gasteiger partial charge in [-0.05, 0) is 26.2 Å². The van der Waals surface area contributed by atoms with Crippen LogP contribution in [0.2, 0.25) is 0 Å². The molecule has 1 aliphatic carbocycles. The number of fused-ring (bicyclic) bond motifs is 1. The summed E-state index contributed by atoms with van der Waals surface area (Å²) in [6.07, 6.45) is 0.978. The molecule has 3 nitrogen and oxygen atoms in total. The summed E-state index contributed by atoms with van der Waals surface area (Å²) in [6.45, 7) is 7.39. The minimum absolute atomic E-state index is 0.0326.